The number of rotatable bonds is 9. The van der Waals surface area contributed by atoms with Crippen LogP contribution in [0.1, 0.15) is 43.4 Å². The van der Waals surface area contributed by atoms with Crippen LogP contribution in [0, 0.1) is 0 Å². The third kappa shape index (κ3) is 5.04. The second kappa shape index (κ2) is 10.9. The number of hydrogen-bond donors (Lipinski definition) is 2. The van der Waals surface area contributed by atoms with Gasteiger partial charge in [-0.05, 0) is 30.0 Å². The van der Waals surface area contributed by atoms with E-state index >= 15 is 0 Å². The average molecular weight is 461 g/mol. The van der Waals surface area contributed by atoms with Crippen LogP contribution >= 0.6 is 11.8 Å². The summed E-state index contributed by atoms with van der Waals surface area (Å²) in [5.74, 6) is 0. The summed E-state index contributed by atoms with van der Waals surface area (Å²) in [7, 11) is 0. The predicted octanol–water partition coefficient (Wildman–Crippen LogP) is 5.49. The maximum absolute atomic E-state index is 12.0. The fourth-order valence-corrected chi connectivity index (χ4v) is 6.93. The van der Waals surface area contributed by atoms with Gasteiger partial charge in [0.1, 0.15) is 5.72 Å². The van der Waals surface area contributed by atoms with Gasteiger partial charge in [-0.2, -0.15) is 0 Å². The monoisotopic (exact) mass is 460 g/mol. The molecule has 0 aliphatic carbocycles. The SMILES string of the molecule is CCCC(SC(c1ccccc1)(c1ccccc1)c1ccccc1)C(C)(O)N1CCNCC1. The smallest absolute Gasteiger partial charge is 0.127 e. The van der Waals surface area contributed by atoms with Gasteiger partial charge in [0.2, 0.25) is 0 Å². The van der Waals surface area contributed by atoms with Crippen molar-refractivity contribution in [2.24, 2.45) is 0 Å². The lowest BCUT2D eigenvalue weighted by Crippen LogP contribution is -2.60. The van der Waals surface area contributed by atoms with Crippen LogP contribution in [0.15, 0.2) is 91.0 Å². The molecule has 2 N–H and O–H groups in total. The van der Waals surface area contributed by atoms with Crippen LogP contribution in [0.3, 0.4) is 0 Å². The van der Waals surface area contributed by atoms with E-state index in [1.54, 1.807) is 0 Å². The zero-order chi connectivity index (χ0) is 23.2. The number of nitrogens with one attached hydrogen (secondary N) is 1. The molecular weight excluding hydrogens is 424 g/mol. The standard InChI is InChI=1S/C29H36N2OS/c1-3-13-27(28(2,32)31-22-20-30-21-23-31)33-29(24-14-7-4-8-15-24,25-16-9-5-10-17-25)26-18-11-6-12-19-26/h4-12,14-19,27,30,32H,3,13,20-23H2,1-2H3. The molecule has 4 rings (SSSR count). The first-order chi connectivity index (χ1) is 16.1. The Morgan fingerprint density at radius 1 is 0.818 bits per heavy atom. The molecule has 1 aliphatic heterocycles. The molecule has 0 amide bonds. The number of aliphatic hydroxyl groups is 1. The second-order valence-corrected chi connectivity index (χ2v) is 10.4. The average Bonchev–Trinajstić information content (AvgIpc) is 2.88. The topological polar surface area (TPSA) is 35.5 Å². The number of hydrogen-bond acceptors (Lipinski definition) is 4. The van der Waals surface area contributed by atoms with Gasteiger partial charge in [-0.15, -0.1) is 11.8 Å². The Balaban J connectivity index is 1.88. The zero-order valence-electron chi connectivity index (χ0n) is 19.8. The van der Waals surface area contributed by atoms with Gasteiger partial charge in [0.25, 0.3) is 0 Å². The highest BCUT2D eigenvalue weighted by molar-refractivity contribution is 8.01. The van der Waals surface area contributed by atoms with E-state index in [9.17, 15) is 5.11 Å². The molecular formula is C29H36N2OS. The molecule has 0 bridgehead atoms. The molecule has 3 aromatic carbocycles. The van der Waals surface area contributed by atoms with Crippen LogP contribution in [0.4, 0.5) is 0 Å². The van der Waals surface area contributed by atoms with Crippen molar-refractivity contribution in [1.29, 1.82) is 0 Å². The lowest BCUT2D eigenvalue weighted by molar-refractivity contribution is -0.100. The number of benzene rings is 3. The van der Waals surface area contributed by atoms with Gasteiger partial charge >= 0.3 is 0 Å². The van der Waals surface area contributed by atoms with Crippen LogP contribution < -0.4 is 5.32 Å². The fourth-order valence-electron chi connectivity index (χ4n) is 4.96. The minimum Gasteiger partial charge on any atom is -0.375 e. The van der Waals surface area contributed by atoms with Crippen molar-refractivity contribution >= 4 is 11.8 Å². The number of thioether (sulfide) groups is 1. The largest absolute Gasteiger partial charge is 0.375 e. The molecule has 3 aromatic rings. The molecule has 0 radical (unpaired) electrons. The van der Waals surface area contributed by atoms with Crippen LogP contribution in [-0.2, 0) is 4.75 Å². The molecule has 0 saturated carbocycles. The maximum Gasteiger partial charge on any atom is 0.127 e. The third-order valence-electron chi connectivity index (χ3n) is 6.78. The summed E-state index contributed by atoms with van der Waals surface area (Å²) in [4.78, 5) is 2.27. The molecule has 2 unspecified atom stereocenters. The summed E-state index contributed by atoms with van der Waals surface area (Å²) < 4.78 is -0.429. The molecule has 3 nitrogen and oxygen atoms in total. The van der Waals surface area contributed by atoms with Crippen LogP contribution in [0.25, 0.3) is 0 Å². The van der Waals surface area contributed by atoms with Gasteiger partial charge in [-0.25, -0.2) is 0 Å². The summed E-state index contributed by atoms with van der Waals surface area (Å²) in [5.41, 5.74) is 2.81. The Hall–Kier alpha value is -2.11. The van der Waals surface area contributed by atoms with E-state index in [0.29, 0.717) is 0 Å². The first-order valence-electron chi connectivity index (χ1n) is 12.1. The van der Waals surface area contributed by atoms with E-state index in [2.05, 4.69) is 108 Å². The summed E-state index contributed by atoms with van der Waals surface area (Å²) in [5, 5.41) is 15.5. The van der Waals surface area contributed by atoms with Gasteiger partial charge in [0.05, 0.1) is 4.75 Å². The summed E-state index contributed by atoms with van der Waals surface area (Å²) >= 11 is 1.91. The lowest BCUT2D eigenvalue weighted by Gasteiger charge is -2.48. The van der Waals surface area contributed by atoms with Gasteiger partial charge in [-0.1, -0.05) is 104 Å². The lowest BCUT2D eigenvalue weighted by atomic mass is 9.84. The molecule has 1 heterocycles. The van der Waals surface area contributed by atoms with Gasteiger partial charge in [0, 0.05) is 31.4 Å². The van der Waals surface area contributed by atoms with E-state index in [1.165, 1.54) is 16.7 Å². The molecule has 0 aromatic heterocycles. The molecule has 1 fully saturated rings. The summed E-state index contributed by atoms with van der Waals surface area (Å²) in [6, 6.07) is 32.4. The molecule has 2 atom stereocenters. The second-order valence-electron chi connectivity index (χ2n) is 9.01. The van der Waals surface area contributed by atoms with E-state index in [-0.39, 0.29) is 5.25 Å². The Morgan fingerprint density at radius 2 is 1.24 bits per heavy atom. The molecule has 33 heavy (non-hydrogen) atoms. The summed E-state index contributed by atoms with van der Waals surface area (Å²) in [6.45, 7) is 7.81. The molecule has 174 valence electrons. The Kier molecular flexibility index (Phi) is 7.92. The Morgan fingerprint density at radius 3 is 1.64 bits per heavy atom. The van der Waals surface area contributed by atoms with Gasteiger partial charge in [0.15, 0.2) is 0 Å². The minimum absolute atomic E-state index is 0.0289. The highest BCUT2D eigenvalue weighted by Gasteiger charge is 2.46. The molecule has 1 saturated heterocycles. The Bertz CT molecular complexity index is 876. The van der Waals surface area contributed by atoms with E-state index < -0.39 is 10.5 Å². The van der Waals surface area contributed by atoms with Crippen molar-refractivity contribution in [1.82, 2.24) is 10.2 Å². The highest BCUT2D eigenvalue weighted by atomic mass is 32.2. The first-order valence-corrected chi connectivity index (χ1v) is 13.0. The number of nitrogens with zero attached hydrogens (tertiary/aromatic N) is 1. The van der Waals surface area contributed by atoms with Crippen molar-refractivity contribution in [2.45, 2.75) is 42.4 Å². The predicted molar refractivity (Wildman–Crippen MR) is 141 cm³/mol. The summed E-state index contributed by atoms with van der Waals surface area (Å²) in [6.07, 6.45) is 1.96. The van der Waals surface area contributed by atoms with Crippen LogP contribution in [0.5, 0.6) is 0 Å². The van der Waals surface area contributed by atoms with Crippen molar-refractivity contribution < 1.29 is 5.11 Å². The zero-order valence-corrected chi connectivity index (χ0v) is 20.6. The van der Waals surface area contributed by atoms with Crippen molar-refractivity contribution in [3.05, 3.63) is 108 Å². The fraction of sp³-hybridized carbons (Fsp3) is 0.379. The van der Waals surface area contributed by atoms with E-state index in [4.69, 9.17) is 0 Å². The highest BCUT2D eigenvalue weighted by Crippen LogP contribution is 2.53. The van der Waals surface area contributed by atoms with Crippen LogP contribution in [-0.4, -0.2) is 47.2 Å². The quantitative estimate of drug-likeness (QED) is 0.414. The maximum atomic E-state index is 12.0. The van der Waals surface area contributed by atoms with E-state index in [1.807, 2.05) is 18.7 Å². The van der Waals surface area contributed by atoms with Crippen LogP contribution in [0.2, 0.25) is 0 Å². The van der Waals surface area contributed by atoms with Crippen molar-refractivity contribution in [2.75, 3.05) is 26.2 Å². The minimum atomic E-state index is -0.910. The Labute approximate surface area is 203 Å². The molecule has 4 heteroatoms. The van der Waals surface area contributed by atoms with Gasteiger partial charge < -0.3 is 10.4 Å². The first kappa shape index (κ1) is 24.0. The molecule has 0 spiro atoms. The van der Waals surface area contributed by atoms with Gasteiger partial charge in [-0.3, -0.25) is 4.90 Å². The van der Waals surface area contributed by atoms with E-state index in [0.717, 1.165) is 39.0 Å². The van der Waals surface area contributed by atoms with Crippen molar-refractivity contribution in [3.63, 3.8) is 0 Å². The third-order valence-corrected chi connectivity index (χ3v) is 8.81. The normalized spacial score (nSPS) is 17.9. The molecule has 1 aliphatic rings. The number of piperazine rings is 1. The van der Waals surface area contributed by atoms with Crippen molar-refractivity contribution in [3.8, 4) is 0 Å².